The Morgan fingerprint density at radius 2 is 1.81 bits per heavy atom. The van der Waals surface area contributed by atoms with Crippen molar-refractivity contribution in [3.63, 3.8) is 0 Å². The van der Waals surface area contributed by atoms with Crippen LogP contribution in [0.3, 0.4) is 0 Å². The van der Waals surface area contributed by atoms with Crippen molar-refractivity contribution in [1.29, 1.82) is 0 Å². The van der Waals surface area contributed by atoms with Crippen LogP contribution in [0.5, 0.6) is 0 Å². The summed E-state index contributed by atoms with van der Waals surface area (Å²) in [7, 11) is 0. The minimum atomic E-state index is -4.01. The van der Waals surface area contributed by atoms with Crippen LogP contribution in [0.25, 0.3) is 0 Å². The van der Waals surface area contributed by atoms with Crippen LogP contribution in [0.4, 0.5) is 13.2 Å². The van der Waals surface area contributed by atoms with E-state index in [1.54, 1.807) is 0 Å². The molecule has 2 nitrogen and oxygen atoms in total. The number of alkyl halides is 3. The van der Waals surface area contributed by atoms with Gasteiger partial charge in [0.1, 0.15) is 0 Å². The first-order valence-electron chi connectivity index (χ1n) is 8.54. The molecule has 3 rings (SSSR count). The van der Waals surface area contributed by atoms with Gasteiger partial charge in [-0.15, -0.1) is 0 Å². The van der Waals surface area contributed by atoms with Gasteiger partial charge in [0.25, 0.3) is 0 Å². The van der Waals surface area contributed by atoms with E-state index in [0.717, 1.165) is 31.8 Å². The number of piperazine rings is 1. The molecule has 0 aromatic carbocycles. The first-order valence-corrected chi connectivity index (χ1v) is 8.54. The van der Waals surface area contributed by atoms with E-state index < -0.39 is 12.6 Å². The van der Waals surface area contributed by atoms with Crippen molar-refractivity contribution in [2.45, 2.75) is 75.5 Å². The van der Waals surface area contributed by atoms with Crippen LogP contribution < -0.4 is 5.32 Å². The van der Waals surface area contributed by atoms with Gasteiger partial charge in [-0.3, -0.25) is 4.90 Å². The lowest BCUT2D eigenvalue weighted by Crippen LogP contribution is -2.65. The minimum absolute atomic E-state index is 0.148. The maximum Gasteiger partial charge on any atom is 0.389 e. The highest BCUT2D eigenvalue weighted by Crippen LogP contribution is 2.40. The molecule has 2 aliphatic carbocycles. The van der Waals surface area contributed by atoms with Gasteiger partial charge in [-0.05, 0) is 44.6 Å². The van der Waals surface area contributed by atoms with Crippen molar-refractivity contribution in [2.75, 3.05) is 19.6 Å². The molecule has 0 aromatic rings. The molecule has 0 amide bonds. The Kier molecular flexibility index (Phi) is 4.51. The molecule has 0 radical (unpaired) electrons. The van der Waals surface area contributed by atoms with Gasteiger partial charge in [-0.25, -0.2) is 0 Å². The number of hydrogen-bond donors (Lipinski definition) is 1. The Labute approximate surface area is 125 Å². The number of nitrogens with zero attached hydrogens (tertiary/aromatic N) is 1. The lowest BCUT2D eigenvalue weighted by Gasteiger charge is -2.52. The van der Waals surface area contributed by atoms with Gasteiger partial charge in [0.05, 0.1) is 0 Å². The Bertz CT molecular complexity index is 346. The molecule has 1 saturated heterocycles. The summed E-state index contributed by atoms with van der Waals surface area (Å²) in [5.41, 5.74) is 0.148. The average Bonchev–Trinajstić information content (AvgIpc) is 3.25. The van der Waals surface area contributed by atoms with Crippen molar-refractivity contribution in [3.8, 4) is 0 Å². The van der Waals surface area contributed by atoms with E-state index in [1.165, 1.54) is 32.1 Å². The fraction of sp³-hybridized carbons (Fsp3) is 1.00. The zero-order valence-electron chi connectivity index (χ0n) is 12.7. The molecule has 1 atom stereocenters. The number of halogens is 3. The van der Waals surface area contributed by atoms with Crippen LogP contribution in [-0.4, -0.2) is 42.3 Å². The first-order chi connectivity index (χ1) is 9.99. The summed E-state index contributed by atoms with van der Waals surface area (Å²) in [6.07, 6.45) is 4.24. The Morgan fingerprint density at radius 1 is 1.10 bits per heavy atom. The van der Waals surface area contributed by atoms with E-state index in [1.807, 2.05) is 0 Å². The van der Waals surface area contributed by atoms with E-state index in [4.69, 9.17) is 0 Å². The number of nitrogens with one attached hydrogen (secondary N) is 1. The fourth-order valence-electron chi connectivity index (χ4n) is 4.24. The second-order valence-electron chi connectivity index (χ2n) is 7.27. The highest BCUT2D eigenvalue weighted by Gasteiger charge is 2.45. The second kappa shape index (κ2) is 6.07. The molecule has 3 aliphatic rings. The Morgan fingerprint density at radius 3 is 2.43 bits per heavy atom. The fourth-order valence-corrected chi connectivity index (χ4v) is 4.24. The summed E-state index contributed by atoms with van der Waals surface area (Å²) in [6, 6.07) is 0.517. The third-order valence-corrected chi connectivity index (χ3v) is 5.64. The zero-order chi connectivity index (χ0) is 14.9. The van der Waals surface area contributed by atoms with Gasteiger partial charge < -0.3 is 5.32 Å². The van der Waals surface area contributed by atoms with Gasteiger partial charge in [-0.1, -0.05) is 19.3 Å². The summed E-state index contributed by atoms with van der Waals surface area (Å²) in [6.45, 7) is 2.56. The molecule has 1 unspecified atom stereocenters. The van der Waals surface area contributed by atoms with Gasteiger partial charge >= 0.3 is 6.18 Å². The van der Waals surface area contributed by atoms with Crippen molar-refractivity contribution < 1.29 is 13.2 Å². The van der Waals surface area contributed by atoms with Gasteiger partial charge in [0, 0.05) is 31.1 Å². The van der Waals surface area contributed by atoms with E-state index in [-0.39, 0.29) is 12.0 Å². The molecule has 1 aliphatic heterocycles. The molecule has 5 heteroatoms. The van der Waals surface area contributed by atoms with Crippen LogP contribution in [0.15, 0.2) is 0 Å². The maximum absolute atomic E-state index is 12.4. The van der Waals surface area contributed by atoms with Gasteiger partial charge in [0.15, 0.2) is 0 Å². The summed E-state index contributed by atoms with van der Waals surface area (Å²) in [5.74, 6) is 0.774. The predicted octanol–water partition coefficient (Wildman–Crippen LogP) is 3.72. The lowest BCUT2D eigenvalue weighted by atomic mass is 9.78. The van der Waals surface area contributed by atoms with Crippen LogP contribution in [-0.2, 0) is 0 Å². The molecular weight excluding hydrogens is 277 g/mol. The van der Waals surface area contributed by atoms with Gasteiger partial charge in [-0.2, -0.15) is 13.2 Å². The molecule has 1 N–H and O–H groups in total. The monoisotopic (exact) mass is 304 g/mol. The van der Waals surface area contributed by atoms with Crippen LogP contribution in [0.2, 0.25) is 0 Å². The molecule has 3 fully saturated rings. The standard InChI is InChI=1S/C16H27F3N2/c17-16(18,19)9-4-10-21-11-14(13-5-6-13)20-12-15(21)7-2-1-3-8-15/h13-14,20H,1-12H2. The third kappa shape index (κ3) is 3.92. The second-order valence-corrected chi connectivity index (χ2v) is 7.27. The molecule has 122 valence electrons. The zero-order valence-corrected chi connectivity index (χ0v) is 12.7. The van der Waals surface area contributed by atoms with E-state index >= 15 is 0 Å². The van der Waals surface area contributed by atoms with Crippen LogP contribution >= 0.6 is 0 Å². The normalized spacial score (nSPS) is 30.7. The van der Waals surface area contributed by atoms with E-state index in [9.17, 15) is 13.2 Å². The highest BCUT2D eigenvalue weighted by molar-refractivity contribution is 5.03. The smallest absolute Gasteiger partial charge is 0.311 e. The van der Waals surface area contributed by atoms with Crippen molar-refractivity contribution >= 4 is 0 Å². The van der Waals surface area contributed by atoms with Gasteiger partial charge in [0.2, 0.25) is 0 Å². The Hall–Kier alpha value is -0.290. The minimum Gasteiger partial charge on any atom is -0.311 e. The molecule has 1 spiro atoms. The molecule has 1 heterocycles. The largest absolute Gasteiger partial charge is 0.389 e. The predicted molar refractivity (Wildman–Crippen MR) is 77.2 cm³/mol. The number of hydrogen-bond acceptors (Lipinski definition) is 2. The Balaban J connectivity index is 1.61. The average molecular weight is 304 g/mol. The lowest BCUT2D eigenvalue weighted by molar-refractivity contribution is -0.137. The third-order valence-electron chi connectivity index (χ3n) is 5.64. The van der Waals surface area contributed by atoms with Crippen LogP contribution in [0.1, 0.15) is 57.8 Å². The van der Waals surface area contributed by atoms with E-state index in [2.05, 4.69) is 10.2 Å². The summed E-state index contributed by atoms with van der Waals surface area (Å²) in [4.78, 5) is 2.43. The highest BCUT2D eigenvalue weighted by atomic mass is 19.4. The number of rotatable bonds is 4. The summed E-state index contributed by atoms with van der Waals surface area (Å²) in [5, 5.41) is 3.71. The SMILES string of the molecule is FC(F)(F)CCCN1CC(C2CC2)NCC12CCCCC2. The van der Waals surface area contributed by atoms with Crippen molar-refractivity contribution in [1.82, 2.24) is 10.2 Å². The quantitative estimate of drug-likeness (QED) is 0.851. The summed E-state index contributed by atoms with van der Waals surface area (Å²) < 4.78 is 37.3. The topological polar surface area (TPSA) is 15.3 Å². The van der Waals surface area contributed by atoms with Crippen LogP contribution in [0, 0.1) is 5.92 Å². The molecule has 0 aromatic heterocycles. The molecular formula is C16H27F3N2. The molecule has 0 bridgehead atoms. The maximum atomic E-state index is 12.4. The van der Waals surface area contributed by atoms with Crippen molar-refractivity contribution in [2.24, 2.45) is 5.92 Å². The van der Waals surface area contributed by atoms with Crippen molar-refractivity contribution in [3.05, 3.63) is 0 Å². The van der Waals surface area contributed by atoms with E-state index in [0.29, 0.717) is 12.6 Å². The summed E-state index contributed by atoms with van der Waals surface area (Å²) >= 11 is 0. The molecule has 2 saturated carbocycles. The first kappa shape index (κ1) is 15.6. The molecule has 21 heavy (non-hydrogen) atoms.